The number of benzene rings is 1. The van der Waals surface area contributed by atoms with Crippen molar-refractivity contribution in [2.24, 2.45) is 0 Å². The minimum Gasteiger partial charge on any atom is -0.379 e. The SMILES string of the molecule is CSc1ccc(C(=O)NC2COCCC2OCC(=O)N(C)C)cc1. The Labute approximate surface area is 146 Å². The fraction of sp³-hybridized carbons (Fsp3) is 0.529. The second-order valence-electron chi connectivity index (χ2n) is 5.81. The average molecular weight is 352 g/mol. The van der Waals surface area contributed by atoms with E-state index >= 15 is 0 Å². The average Bonchev–Trinajstić information content (AvgIpc) is 2.60. The van der Waals surface area contributed by atoms with E-state index in [2.05, 4.69) is 5.32 Å². The fourth-order valence-electron chi connectivity index (χ4n) is 2.35. The zero-order chi connectivity index (χ0) is 17.5. The molecule has 2 unspecified atom stereocenters. The number of carbonyl (C=O) groups is 2. The third kappa shape index (κ3) is 5.22. The zero-order valence-corrected chi connectivity index (χ0v) is 15.1. The number of hydrogen-bond acceptors (Lipinski definition) is 5. The molecule has 6 nitrogen and oxygen atoms in total. The quantitative estimate of drug-likeness (QED) is 0.784. The summed E-state index contributed by atoms with van der Waals surface area (Å²) in [5.74, 6) is -0.259. The Kier molecular flexibility index (Phi) is 7.08. The maximum Gasteiger partial charge on any atom is 0.251 e. The summed E-state index contributed by atoms with van der Waals surface area (Å²) in [6.07, 6.45) is 2.42. The first kappa shape index (κ1) is 18.8. The molecule has 1 fully saturated rings. The molecule has 132 valence electrons. The first-order valence-corrected chi connectivity index (χ1v) is 9.08. The molecule has 1 saturated heterocycles. The molecule has 1 aliphatic rings. The lowest BCUT2D eigenvalue weighted by atomic mass is 10.1. The minimum atomic E-state index is -0.263. The second kappa shape index (κ2) is 9.05. The summed E-state index contributed by atoms with van der Waals surface area (Å²) < 4.78 is 11.1. The lowest BCUT2D eigenvalue weighted by Crippen LogP contribution is -2.51. The van der Waals surface area contributed by atoms with Crippen molar-refractivity contribution >= 4 is 23.6 Å². The summed E-state index contributed by atoms with van der Waals surface area (Å²) >= 11 is 1.63. The number of nitrogens with one attached hydrogen (secondary N) is 1. The molecule has 0 aromatic heterocycles. The predicted molar refractivity (Wildman–Crippen MR) is 93.3 cm³/mol. The van der Waals surface area contributed by atoms with Crippen LogP contribution in [0.4, 0.5) is 0 Å². The number of hydrogen-bond donors (Lipinski definition) is 1. The van der Waals surface area contributed by atoms with Crippen molar-refractivity contribution in [3.8, 4) is 0 Å². The van der Waals surface area contributed by atoms with Gasteiger partial charge in [-0.15, -0.1) is 11.8 Å². The number of carbonyl (C=O) groups excluding carboxylic acids is 2. The van der Waals surface area contributed by atoms with Crippen LogP contribution in [0.25, 0.3) is 0 Å². The van der Waals surface area contributed by atoms with Crippen molar-refractivity contribution in [3.63, 3.8) is 0 Å². The summed E-state index contributed by atoms with van der Waals surface area (Å²) in [5.41, 5.74) is 0.599. The van der Waals surface area contributed by atoms with Gasteiger partial charge in [0.25, 0.3) is 5.91 Å². The van der Waals surface area contributed by atoms with Crippen molar-refractivity contribution in [2.45, 2.75) is 23.5 Å². The Balaban J connectivity index is 1.94. The van der Waals surface area contributed by atoms with Crippen LogP contribution in [0, 0.1) is 0 Å². The summed E-state index contributed by atoms with van der Waals surface area (Å²) in [5, 5.41) is 2.96. The molecule has 0 radical (unpaired) electrons. The lowest BCUT2D eigenvalue weighted by Gasteiger charge is -2.32. The summed E-state index contributed by atoms with van der Waals surface area (Å²) in [6, 6.07) is 7.18. The summed E-state index contributed by atoms with van der Waals surface area (Å²) in [4.78, 5) is 26.7. The maximum atomic E-state index is 12.4. The topological polar surface area (TPSA) is 67.9 Å². The second-order valence-corrected chi connectivity index (χ2v) is 6.69. The first-order chi connectivity index (χ1) is 11.5. The number of amides is 2. The van der Waals surface area contributed by atoms with Crippen LogP contribution in [0.3, 0.4) is 0 Å². The fourth-order valence-corrected chi connectivity index (χ4v) is 2.76. The van der Waals surface area contributed by atoms with Crippen LogP contribution in [0.1, 0.15) is 16.8 Å². The largest absolute Gasteiger partial charge is 0.379 e. The molecule has 0 aliphatic carbocycles. The molecule has 1 N–H and O–H groups in total. The van der Waals surface area contributed by atoms with Crippen molar-refractivity contribution in [2.75, 3.05) is 40.2 Å². The van der Waals surface area contributed by atoms with Crippen LogP contribution in [-0.4, -0.2) is 69.0 Å². The van der Waals surface area contributed by atoms with Crippen LogP contribution in [0.5, 0.6) is 0 Å². The molecule has 2 atom stereocenters. The molecular weight excluding hydrogens is 328 g/mol. The molecule has 24 heavy (non-hydrogen) atoms. The Hall–Kier alpha value is -1.57. The van der Waals surface area contributed by atoms with E-state index in [0.717, 1.165) is 4.90 Å². The van der Waals surface area contributed by atoms with Gasteiger partial charge >= 0.3 is 0 Å². The van der Waals surface area contributed by atoms with E-state index in [0.29, 0.717) is 25.2 Å². The Morgan fingerprint density at radius 1 is 1.33 bits per heavy atom. The van der Waals surface area contributed by atoms with Crippen LogP contribution < -0.4 is 5.32 Å². The third-order valence-corrected chi connectivity index (χ3v) is 4.62. The van der Waals surface area contributed by atoms with Gasteiger partial charge in [-0.1, -0.05) is 0 Å². The first-order valence-electron chi connectivity index (χ1n) is 7.85. The number of thioether (sulfide) groups is 1. The van der Waals surface area contributed by atoms with Gasteiger partial charge in [0.1, 0.15) is 6.61 Å². The van der Waals surface area contributed by atoms with E-state index < -0.39 is 0 Å². The van der Waals surface area contributed by atoms with Crippen molar-refractivity contribution in [1.82, 2.24) is 10.2 Å². The molecule has 1 aromatic carbocycles. The van der Waals surface area contributed by atoms with Gasteiger partial charge in [-0.2, -0.15) is 0 Å². The summed E-state index contributed by atoms with van der Waals surface area (Å²) in [6.45, 7) is 0.956. The van der Waals surface area contributed by atoms with Crippen LogP contribution >= 0.6 is 11.8 Å². The normalized spacial score (nSPS) is 20.5. The molecule has 1 aromatic rings. The van der Waals surface area contributed by atoms with Crippen molar-refractivity contribution < 1.29 is 19.1 Å². The van der Waals surface area contributed by atoms with Gasteiger partial charge in [0.05, 0.1) is 18.8 Å². The van der Waals surface area contributed by atoms with Crippen LogP contribution in [0.2, 0.25) is 0 Å². The lowest BCUT2D eigenvalue weighted by molar-refractivity contribution is -0.138. The van der Waals surface area contributed by atoms with Gasteiger partial charge in [-0.05, 0) is 36.9 Å². The summed E-state index contributed by atoms with van der Waals surface area (Å²) in [7, 11) is 3.38. The van der Waals surface area contributed by atoms with E-state index in [9.17, 15) is 9.59 Å². The van der Waals surface area contributed by atoms with Gasteiger partial charge < -0.3 is 19.7 Å². The molecule has 0 saturated carbocycles. The standard InChI is InChI=1S/C17H24N2O4S/c1-19(2)16(20)11-23-15-8-9-22-10-14(15)18-17(21)12-4-6-13(24-3)7-5-12/h4-7,14-15H,8-11H2,1-3H3,(H,18,21). The number of likely N-dealkylation sites (N-methyl/N-ethyl adjacent to an activating group) is 1. The highest BCUT2D eigenvalue weighted by Gasteiger charge is 2.29. The van der Waals surface area contributed by atoms with E-state index in [1.54, 1.807) is 38.0 Å². The van der Waals surface area contributed by atoms with E-state index in [1.807, 2.05) is 18.4 Å². The van der Waals surface area contributed by atoms with Gasteiger partial charge in [-0.3, -0.25) is 9.59 Å². The number of nitrogens with zero attached hydrogens (tertiary/aromatic N) is 1. The highest BCUT2D eigenvalue weighted by molar-refractivity contribution is 7.98. The zero-order valence-electron chi connectivity index (χ0n) is 14.3. The molecule has 0 bridgehead atoms. The minimum absolute atomic E-state index is 0.00641. The smallest absolute Gasteiger partial charge is 0.251 e. The highest BCUT2D eigenvalue weighted by Crippen LogP contribution is 2.16. The van der Waals surface area contributed by atoms with E-state index in [1.165, 1.54) is 4.90 Å². The van der Waals surface area contributed by atoms with Gasteiger partial charge in [-0.25, -0.2) is 0 Å². The Bertz CT molecular complexity index is 562. The number of ether oxygens (including phenoxy) is 2. The molecule has 2 amide bonds. The number of rotatable bonds is 6. The molecule has 1 aliphatic heterocycles. The predicted octanol–water partition coefficient (Wildman–Crippen LogP) is 1.40. The molecule has 2 rings (SSSR count). The van der Waals surface area contributed by atoms with E-state index in [-0.39, 0.29) is 30.6 Å². The van der Waals surface area contributed by atoms with Crippen molar-refractivity contribution in [3.05, 3.63) is 29.8 Å². The van der Waals surface area contributed by atoms with Crippen LogP contribution in [-0.2, 0) is 14.3 Å². The Morgan fingerprint density at radius 3 is 2.67 bits per heavy atom. The molecule has 7 heteroatoms. The molecule has 1 heterocycles. The molecular formula is C17H24N2O4S. The third-order valence-electron chi connectivity index (χ3n) is 3.88. The van der Waals surface area contributed by atoms with Crippen LogP contribution in [0.15, 0.2) is 29.2 Å². The van der Waals surface area contributed by atoms with Crippen molar-refractivity contribution in [1.29, 1.82) is 0 Å². The van der Waals surface area contributed by atoms with Gasteiger partial charge in [0, 0.05) is 31.2 Å². The van der Waals surface area contributed by atoms with Gasteiger partial charge in [0.2, 0.25) is 5.91 Å². The highest BCUT2D eigenvalue weighted by atomic mass is 32.2. The Morgan fingerprint density at radius 2 is 2.04 bits per heavy atom. The molecule has 0 spiro atoms. The van der Waals surface area contributed by atoms with E-state index in [4.69, 9.17) is 9.47 Å². The maximum absolute atomic E-state index is 12.4. The monoisotopic (exact) mass is 352 g/mol. The van der Waals surface area contributed by atoms with Gasteiger partial charge in [0.15, 0.2) is 0 Å².